The summed E-state index contributed by atoms with van der Waals surface area (Å²) in [4.78, 5) is 4.09. The summed E-state index contributed by atoms with van der Waals surface area (Å²) in [5, 5.41) is 7.91. The minimum absolute atomic E-state index is 0.229. The van der Waals surface area contributed by atoms with E-state index in [0.717, 1.165) is 10.0 Å². The van der Waals surface area contributed by atoms with E-state index in [4.69, 9.17) is 15.2 Å². The predicted octanol–water partition coefficient (Wildman–Crippen LogP) is 2.31. The lowest BCUT2D eigenvalue weighted by atomic mass is 10.2. The number of hydrogen-bond acceptors (Lipinski definition) is 5. The van der Waals surface area contributed by atoms with E-state index in [1.54, 1.807) is 18.5 Å². The third kappa shape index (κ3) is 3.03. The highest BCUT2D eigenvalue weighted by atomic mass is 79.9. The molecule has 1 aromatic heterocycles. The quantitative estimate of drug-likeness (QED) is 0.525. The van der Waals surface area contributed by atoms with Gasteiger partial charge in [0.2, 0.25) is 6.79 Å². The Morgan fingerprint density at radius 3 is 2.86 bits per heavy atom. The molecule has 7 heteroatoms. The third-order valence-corrected chi connectivity index (χ3v) is 3.47. The highest BCUT2D eigenvalue weighted by molar-refractivity contribution is 9.10. The summed E-state index contributed by atoms with van der Waals surface area (Å²) in [6.07, 6.45) is 3.23. The Balaban J connectivity index is 1.81. The van der Waals surface area contributed by atoms with Gasteiger partial charge in [-0.05, 0) is 40.2 Å². The van der Waals surface area contributed by atoms with Crippen LogP contribution in [0.2, 0.25) is 0 Å². The standard InChI is InChI=1S/C14H11BrN4O2/c15-10-6-13-12(20-8-21-13)5-9(10)7-18-19-14(16)11-3-1-2-4-17-11/h1-7H,8H2,(H2,16,19). The van der Waals surface area contributed by atoms with Crippen molar-refractivity contribution in [3.05, 3.63) is 52.3 Å². The van der Waals surface area contributed by atoms with Crippen LogP contribution >= 0.6 is 15.9 Å². The van der Waals surface area contributed by atoms with Gasteiger partial charge in [-0.3, -0.25) is 4.98 Å². The highest BCUT2D eigenvalue weighted by Gasteiger charge is 2.15. The van der Waals surface area contributed by atoms with E-state index in [9.17, 15) is 0 Å². The molecule has 1 aliphatic rings. The van der Waals surface area contributed by atoms with E-state index in [2.05, 4.69) is 31.1 Å². The first kappa shape index (κ1) is 13.6. The Bertz CT molecular complexity index is 716. The molecule has 21 heavy (non-hydrogen) atoms. The van der Waals surface area contributed by atoms with Crippen LogP contribution in [-0.2, 0) is 0 Å². The second kappa shape index (κ2) is 5.92. The number of amidine groups is 1. The lowest BCUT2D eigenvalue weighted by molar-refractivity contribution is 0.174. The van der Waals surface area contributed by atoms with Gasteiger partial charge in [0.15, 0.2) is 17.3 Å². The maximum atomic E-state index is 5.80. The van der Waals surface area contributed by atoms with Crippen LogP contribution in [0, 0.1) is 0 Å². The fraction of sp³-hybridized carbons (Fsp3) is 0.0714. The molecule has 2 aromatic rings. The van der Waals surface area contributed by atoms with Crippen LogP contribution in [0.1, 0.15) is 11.3 Å². The van der Waals surface area contributed by atoms with Gasteiger partial charge in [-0.25, -0.2) is 0 Å². The van der Waals surface area contributed by atoms with Gasteiger partial charge in [-0.2, -0.15) is 5.10 Å². The van der Waals surface area contributed by atoms with E-state index < -0.39 is 0 Å². The number of halogens is 1. The van der Waals surface area contributed by atoms with Gasteiger partial charge in [0, 0.05) is 16.2 Å². The van der Waals surface area contributed by atoms with Crippen molar-refractivity contribution in [2.45, 2.75) is 0 Å². The van der Waals surface area contributed by atoms with Crippen LogP contribution in [-0.4, -0.2) is 23.8 Å². The van der Waals surface area contributed by atoms with Gasteiger partial charge < -0.3 is 15.2 Å². The molecule has 6 nitrogen and oxygen atoms in total. The number of ether oxygens (including phenoxy) is 2. The number of benzene rings is 1. The zero-order valence-electron chi connectivity index (χ0n) is 10.9. The van der Waals surface area contributed by atoms with E-state index in [1.165, 1.54) is 0 Å². The van der Waals surface area contributed by atoms with E-state index in [-0.39, 0.29) is 12.6 Å². The molecule has 0 unspecified atom stereocenters. The van der Waals surface area contributed by atoms with Crippen molar-refractivity contribution in [3.63, 3.8) is 0 Å². The smallest absolute Gasteiger partial charge is 0.231 e. The van der Waals surface area contributed by atoms with E-state index in [1.807, 2.05) is 24.3 Å². The van der Waals surface area contributed by atoms with Crippen LogP contribution in [0.3, 0.4) is 0 Å². The zero-order valence-corrected chi connectivity index (χ0v) is 12.4. The summed E-state index contributed by atoms with van der Waals surface area (Å²) < 4.78 is 11.4. The average Bonchev–Trinajstić information content (AvgIpc) is 2.95. The Labute approximate surface area is 129 Å². The molecule has 0 saturated carbocycles. The lowest BCUT2D eigenvalue weighted by Gasteiger charge is -2.00. The van der Waals surface area contributed by atoms with Crippen LogP contribution in [0.4, 0.5) is 0 Å². The summed E-state index contributed by atoms with van der Waals surface area (Å²) in [6.45, 7) is 0.229. The molecule has 0 amide bonds. The molecule has 0 atom stereocenters. The Hall–Kier alpha value is -2.41. The molecule has 1 aliphatic heterocycles. The average molecular weight is 347 g/mol. The van der Waals surface area contributed by atoms with E-state index in [0.29, 0.717) is 17.2 Å². The van der Waals surface area contributed by atoms with E-state index >= 15 is 0 Å². The summed E-state index contributed by atoms with van der Waals surface area (Å²) in [5.74, 6) is 1.64. The summed E-state index contributed by atoms with van der Waals surface area (Å²) in [6, 6.07) is 9.06. The Morgan fingerprint density at radius 1 is 1.29 bits per heavy atom. The zero-order chi connectivity index (χ0) is 14.7. The number of hydrogen-bond donors (Lipinski definition) is 1. The monoisotopic (exact) mass is 346 g/mol. The molecule has 106 valence electrons. The second-order valence-electron chi connectivity index (χ2n) is 4.17. The van der Waals surface area contributed by atoms with Crippen molar-refractivity contribution in [2.75, 3.05) is 6.79 Å². The first-order valence-electron chi connectivity index (χ1n) is 6.11. The Morgan fingerprint density at radius 2 is 2.10 bits per heavy atom. The molecule has 0 aliphatic carbocycles. The van der Waals surface area contributed by atoms with Gasteiger partial charge in [0.1, 0.15) is 5.69 Å². The fourth-order valence-electron chi connectivity index (χ4n) is 1.75. The number of pyridine rings is 1. The van der Waals surface area contributed by atoms with Crippen LogP contribution in [0.15, 0.2) is 51.2 Å². The normalized spacial score (nSPS) is 13.9. The molecule has 0 fully saturated rings. The van der Waals surface area contributed by atoms with Gasteiger partial charge in [0.05, 0.1) is 6.21 Å². The SMILES string of the molecule is N/C(=N/N=Cc1cc2c(cc1Br)OCO2)c1ccccn1. The van der Waals surface area contributed by atoms with Crippen molar-refractivity contribution >= 4 is 28.0 Å². The van der Waals surface area contributed by atoms with Gasteiger partial charge in [-0.1, -0.05) is 6.07 Å². The Kier molecular flexibility index (Phi) is 3.83. The minimum Gasteiger partial charge on any atom is -0.454 e. The lowest BCUT2D eigenvalue weighted by Crippen LogP contribution is -2.14. The van der Waals surface area contributed by atoms with Crippen molar-refractivity contribution in [2.24, 2.45) is 15.9 Å². The van der Waals surface area contributed by atoms with Crippen LogP contribution < -0.4 is 15.2 Å². The van der Waals surface area contributed by atoms with Crippen LogP contribution in [0.5, 0.6) is 11.5 Å². The van der Waals surface area contributed by atoms with Crippen molar-refractivity contribution in [3.8, 4) is 11.5 Å². The maximum absolute atomic E-state index is 5.80. The second-order valence-corrected chi connectivity index (χ2v) is 5.03. The molecule has 0 bridgehead atoms. The summed E-state index contributed by atoms with van der Waals surface area (Å²) >= 11 is 3.44. The first-order valence-corrected chi connectivity index (χ1v) is 6.90. The minimum atomic E-state index is 0.229. The predicted molar refractivity (Wildman–Crippen MR) is 82.8 cm³/mol. The van der Waals surface area contributed by atoms with Gasteiger partial charge in [-0.15, -0.1) is 5.10 Å². The molecule has 0 radical (unpaired) electrons. The number of rotatable bonds is 3. The number of fused-ring (bicyclic) bond motifs is 1. The van der Waals surface area contributed by atoms with Crippen molar-refractivity contribution in [1.29, 1.82) is 0 Å². The summed E-state index contributed by atoms with van der Waals surface area (Å²) in [7, 11) is 0. The highest BCUT2D eigenvalue weighted by Crippen LogP contribution is 2.36. The number of nitrogens with zero attached hydrogens (tertiary/aromatic N) is 3. The maximum Gasteiger partial charge on any atom is 0.231 e. The number of aromatic nitrogens is 1. The first-order chi connectivity index (χ1) is 10.2. The molecule has 2 heterocycles. The topological polar surface area (TPSA) is 82.1 Å². The molecule has 0 saturated heterocycles. The molecule has 2 N–H and O–H groups in total. The number of nitrogens with two attached hydrogens (primary N) is 1. The third-order valence-electron chi connectivity index (χ3n) is 2.78. The van der Waals surface area contributed by atoms with Gasteiger partial charge >= 0.3 is 0 Å². The van der Waals surface area contributed by atoms with Crippen LogP contribution in [0.25, 0.3) is 0 Å². The summed E-state index contributed by atoms with van der Waals surface area (Å²) in [5.41, 5.74) is 7.20. The molecular formula is C14H11BrN4O2. The van der Waals surface area contributed by atoms with Crippen molar-refractivity contribution < 1.29 is 9.47 Å². The molecule has 1 aromatic carbocycles. The molecule has 3 rings (SSSR count). The fourth-order valence-corrected chi connectivity index (χ4v) is 2.18. The van der Waals surface area contributed by atoms with Crippen molar-refractivity contribution in [1.82, 2.24) is 4.98 Å². The van der Waals surface area contributed by atoms with Gasteiger partial charge in [0.25, 0.3) is 0 Å². The molecule has 0 spiro atoms. The largest absolute Gasteiger partial charge is 0.454 e. The molecular weight excluding hydrogens is 336 g/mol.